The Kier molecular flexibility index (Phi) is 4.25. The Morgan fingerprint density at radius 1 is 1.47 bits per heavy atom. The lowest BCUT2D eigenvalue weighted by molar-refractivity contribution is -0.143. The molecule has 1 atom stereocenters. The van der Waals surface area contributed by atoms with Gasteiger partial charge in [-0.25, -0.2) is 0 Å². The van der Waals surface area contributed by atoms with Crippen LogP contribution in [-0.4, -0.2) is 16.6 Å². The van der Waals surface area contributed by atoms with Gasteiger partial charge in [0, 0.05) is 12.1 Å². The highest BCUT2D eigenvalue weighted by Crippen LogP contribution is 2.32. The molecule has 0 aliphatic heterocycles. The Morgan fingerprint density at radius 2 is 2.06 bits per heavy atom. The lowest BCUT2D eigenvalue weighted by Gasteiger charge is -2.24. The standard InChI is InChI=1S/C11H14Cl2N2O2/c1-2-11(15,10(16)17)5-6-8(14)4-3-7(12)9(6)13/h3-4H,2,5,14-15H2,1H3,(H,16,17). The summed E-state index contributed by atoms with van der Waals surface area (Å²) in [6, 6.07) is 3.15. The molecule has 6 heteroatoms. The number of rotatable bonds is 4. The maximum Gasteiger partial charge on any atom is 0.324 e. The van der Waals surface area contributed by atoms with E-state index in [1.807, 2.05) is 0 Å². The van der Waals surface area contributed by atoms with E-state index in [1.165, 1.54) is 0 Å². The van der Waals surface area contributed by atoms with Crippen molar-refractivity contribution >= 4 is 34.9 Å². The highest BCUT2D eigenvalue weighted by molar-refractivity contribution is 6.42. The monoisotopic (exact) mass is 276 g/mol. The number of carbonyl (C=O) groups is 1. The first-order chi connectivity index (χ1) is 7.81. The van der Waals surface area contributed by atoms with Crippen LogP contribution in [0.15, 0.2) is 12.1 Å². The van der Waals surface area contributed by atoms with Crippen LogP contribution in [0.5, 0.6) is 0 Å². The molecule has 0 aliphatic rings. The minimum absolute atomic E-state index is 0.0457. The molecule has 0 bridgehead atoms. The molecule has 17 heavy (non-hydrogen) atoms. The van der Waals surface area contributed by atoms with Crippen molar-refractivity contribution in [1.82, 2.24) is 0 Å². The van der Waals surface area contributed by atoms with Gasteiger partial charge in [-0.2, -0.15) is 0 Å². The van der Waals surface area contributed by atoms with E-state index in [4.69, 9.17) is 39.8 Å². The van der Waals surface area contributed by atoms with Crippen LogP contribution in [-0.2, 0) is 11.2 Å². The molecule has 0 aliphatic carbocycles. The number of anilines is 1. The Hall–Kier alpha value is -0.970. The van der Waals surface area contributed by atoms with E-state index in [2.05, 4.69) is 0 Å². The van der Waals surface area contributed by atoms with Crippen LogP contribution in [0.4, 0.5) is 5.69 Å². The van der Waals surface area contributed by atoms with Crippen LogP contribution in [0, 0.1) is 0 Å². The van der Waals surface area contributed by atoms with Crippen LogP contribution >= 0.6 is 23.2 Å². The Bertz CT molecular complexity index is 451. The van der Waals surface area contributed by atoms with Crippen molar-refractivity contribution in [1.29, 1.82) is 0 Å². The predicted octanol–water partition coefficient (Wildman–Crippen LogP) is 2.31. The van der Waals surface area contributed by atoms with Crippen LogP contribution in [0.3, 0.4) is 0 Å². The Morgan fingerprint density at radius 3 is 2.53 bits per heavy atom. The summed E-state index contributed by atoms with van der Waals surface area (Å²) in [5, 5.41) is 9.70. The third-order valence-electron chi connectivity index (χ3n) is 2.78. The zero-order valence-electron chi connectivity index (χ0n) is 9.34. The summed E-state index contributed by atoms with van der Waals surface area (Å²) in [5.41, 5.74) is 11.0. The van der Waals surface area contributed by atoms with Crippen molar-refractivity contribution < 1.29 is 9.90 Å². The van der Waals surface area contributed by atoms with Gasteiger partial charge in [0.1, 0.15) is 5.54 Å². The van der Waals surface area contributed by atoms with E-state index in [0.29, 0.717) is 16.3 Å². The molecule has 0 fully saturated rings. The van der Waals surface area contributed by atoms with Gasteiger partial charge in [0.25, 0.3) is 0 Å². The minimum atomic E-state index is -1.39. The third-order valence-corrected chi connectivity index (χ3v) is 3.62. The molecule has 1 unspecified atom stereocenters. The molecule has 5 N–H and O–H groups in total. The van der Waals surface area contributed by atoms with E-state index >= 15 is 0 Å². The summed E-state index contributed by atoms with van der Waals surface area (Å²) in [6.45, 7) is 1.70. The molecule has 0 heterocycles. The number of nitrogen functional groups attached to an aromatic ring is 1. The van der Waals surface area contributed by atoms with Crippen molar-refractivity contribution in [2.45, 2.75) is 25.3 Å². The summed E-state index contributed by atoms with van der Waals surface area (Å²) < 4.78 is 0. The summed E-state index contributed by atoms with van der Waals surface area (Å²) >= 11 is 11.9. The third kappa shape index (κ3) is 2.83. The zero-order chi connectivity index (χ0) is 13.2. The van der Waals surface area contributed by atoms with Gasteiger partial charge in [-0.05, 0) is 24.1 Å². The van der Waals surface area contributed by atoms with Gasteiger partial charge in [-0.15, -0.1) is 0 Å². The first-order valence-corrected chi connectivity index (χ1v) is 5.82. The first-order valence-electron chi connectivity index (χ1n) is 5.06. The lowest BCUT2D eigenvalue weighted by Crippen LogP contribution is -2.49. The summed E-state index contributed by atoms with van der Waals surface area (Å²) in [5.74, 6) is -1.09. The van der Waals surface area contributed by atoms with E-state index < -0.39 is 11.5 Å². The molecule has 1 aromatic rings. The Balaban J connectivity index is 3.19. The Labute approximate surface area is 109 Å². The van der Waals surface area contributed by atoms with Gasteiger partial charge in [0.15, 0.2) is 0 Å². The zero-order valence-corrected chi connectivity index (χ0v) is 10.8. The molecule has 0 aromatic heterocycles. The molecule has 1 rings (SSSR count). The molecule has 0 saturated carbocycles. The summed E-state index contributed by atoms with van der Waals surface area (Å²) in [6.07, 6.45) is 0.314. The average Bonchev–Trinajstić information content (AvgIpc) is 2.29. The highest BCUT2D eigenvalue weighted by Gasteiger charge is 2.33. The van der Waals surface area contributed by atoms with Gasteiger partial charge in [0.2, 0.25) is 0 Å². The quantitative estimate of drug-likeness (QED) is 0.737. The van der Waals surface area contributed by atoms with Crippen molar-refractivity contribution in [3.05, 3.63) is 27.7 Å². The van der Waals surface area contributed by atoms with Crippen molar-refractivity contribution in [2.24, 2.45) is 5.73 Å². The number of nitrogens with two attached hydrogens (primary N) is 2. The number of aliphatic carboxylic acids is 1. The maximum atomic E-state index is 11.1. The normalized spacial score (nSPS) is 14.4. The van der Waals surface area contributed by atoms with Gasteiger partial charge in [0.05, 0.1) is 10.0 Å². The molecule has 0 radical (unpaired) electrons. The number of benzene rings is 1. The molecule has 1 aromatic carbocycles. The topological polar surface area (TPSA) is 89.3 Å². The molecular formula is C11H14Cl2N2O2. The van der Waals surface area contributed by atoms with E-state index in [-0.39, 0.29) is 17.9 Å². The van der Waals surface area contributed by atoms with Crippen molar-refractivity contribution in [3.63, 3.8) is 0 Å². The number of carboxylic acid groups (broad SMARTS) is 1. The number of hydrogen-bond acceptors (Lipinski definition) is 3. The fourth-order valence-corrected chi connectivity index (χ4v) is 1.87. The first kappa shape index (κ1) is 14.1. The summed E-state index contributed by atoms with van der Waals surface area (Å²) in [7, 11) is 0. The van der Waals surface area contributed by atoms with Gasteiger partial charge in [-0.3, -0.25) is 4.79 Å². The molecule has 0 spiro atoms. The van der Waals surface area contributed by atoms with Crippen LogP contribution in [0.25, 0.3) is 0 Å². The fourth-order valence-electron chi connectivity index (χ4n) is 1.45. The second-order valence-corrected chi connectivity index (χ2v) is 4.71. The SMILES string of the molecule is CCC(N)(Cc1c(N)ccc(Cl)c1Cl)C(=O)O. The van der Waals surface area contributed by atoms with Crippen molar-refractivity contribution in [2.75, 3.05) is 5.73 Å². The largest absolute Gasteiger partial charge is 0.480 e. The van der Waals surface area contributed by atoms with Gasteiger partial charge < -0.3 is 16.6 Å². The number of halogens is 2. The highest BCUT2D eigenvalue weighted by atomic mass is 35.5. The van der Waals surface area contributed by atoms with Gasteiger partial charge in [-0.1, -0.05) is 30.1 Å². The van der Waals surface area contributed by atoms with E-state index in [9.17, 15) is 4.79 Å². The number of hydrogen-bond donors (Lipinski definition) is 3. The maximum absolute atomic E-state index is 11.1. The average molecular weight is 277 g/mol. The number of carboxylic acids is 1. The van der Waals surface area contributed by atoms with E-state index in [0.717, 1.165) is 0 Å². The summed E-state index contributed by atoms with van der Waals surface area (Å²) in [4.78, 5) is 11.1. The van der Waals surface area contributed by atoms with Crippen LogP contribution in [0.2, 0.25) is 10.0 Å². The smallest absolute Gasteiger partial charge is 0.324 e. The lowest BCUT2D eigenvalue weighted by atomic mass is 9.88. The minimum Gasteiger partial charge on any atom is -0.480 e. The predicted molar refractivity (Wildman–Crippen MR) is 69.4 cm³/mol. The fraction of sp³-hybridized carbons (Fsp3) is 0.364. The second-order valence-electron chi connectivity index (χ2n) is 3.92. The van der Waals surface area contributed by atoms with Crippen LogP contribution in [0.1, 0.15) is 18.9 Å². The second kappa shape index (κ2) is 5.12. The molecule has 4 nitrogen and oxygen atoms in total. The van der Waals surface area contributed by atoms with Gasteiger partial charge >= 0.3 is 5.97 Å². The van der Waals surface area contributed by atoms with Crippen molar-refractivity contribution in [3.8, 4) is 0 Å². The molecule has 94 valence electrons. The molecule has 0 saturated heterocycles. The van der Waals surface area contributed by atoms with Crippen LogP contribution < -0.4 is 11.5 Å². The molecular weight excluding hydrogens is 263 g/mol. The molecule has 0 amide bonds. The van der Waals surface area contributed by atoms with E-state index in [1.54, 1.807) is 19.1 Å².